The lowest BCUT2D eigenvalue weighted by Gasteiger charge is -2.03. The van der Waals surface area contributed by atoms with Crippen LogP contribution in [0.2, 0.25) is 8.67 Å². The Balaban J connectivity index is 0.000000291. The summed E-state index contributed by atoms with van der Waals surface area (Å²) in [6, 6.07) is 3.88. The third kappa shape index (κ3) is 49.2. The number of aromatic amines is 1. The first kappa shape index (κ1) is 114. The second kappa shape index (κ2) is 62.0. The van der Waals surface area contributed by atoms with E-state index < -0.39 is 18.0 Å². The topological polar surface area (TPSA) is 337 Å². The average Bonchev–Trinajstić information content (AvgIpc) is 1.72. The van der Waals surface area contributed by atoms with Gasteiger partial charge in [0.15, 0.2) is 10.9 Å². The van der Waals surface area contributed by atoms with Crippen molar-refractivity contribution in [1.29, 1.82) is 0 Å². The maximum atomic E-state index is 11.7. The molecule has 694 valence electrons. The first-order chi connectivity index (χ1) is 60.6. The summed E-state index contributed by atoms with van der Waals surface area (Å²) in [7, 11) is 5.31. The van der Waals surface area contributed by atoms with Gasteiger partial charge < -0.3 is 24.3 Å². The molecule has 0 aliphatic rings. The zero-order chi connectivity index (χ0) is 95.0. The maximum absolute atomic E-state index is 11.7. The number of fused-ring (bicyclic) bond motifs is 1. The molecule has 0 saturated carbocycles. The fraction of sp³-hybridized carbons (Fsp3) is 0.407. The lowest BCUT2D eigenvalue weighted by Crippen LogP contribution is -2.04. The van der Waals surface area contributed by atoms with E-state index in [9.17, 15) is 13.2 Å². The molecule has 2 unspecified atom stereocenters. The number of rotatable bonds is 13. The van der Waals surface area contributed by atoms with Gasteiger partial charge in [-0.1, -0.05) is 71.9 Å². The summed E-state index contributed by atoms with van der Waals surface area (Å²) < 4.78 is 48.7. The summed E-state index contributed by atoms with van der Waals surface area (Å²) in [6.07, 6.45) is 2.38. The van der Waals surface area contributed by atoms with Crippen LogP contribution in [-0.4, -0.2) is 134 Å². The molecule has 0 aliphatic carbocycles. The van der Waals surface area contributed by atoms with E-state index in [4.69, 9.17) is 42.9 Å². The van der Waals surface area contributed by atoms with Crippen LogP contribution in [0, 0.1) is 125 Å². The predicted octanol–water partition coefficient (Wildman–Crippen LogP) is 26.2. The van der Waals surface area contributed by atoms with Crippen molar-refractivity contribution in [3.05, 3.63) is 237 Å². The molecule has 0 spiro atoms. The predicted molar refractivity (Wildman–Crippen MR) is 536 cm³/mol. The minimum Gasteiger partial charge on any atom is -0.390 e. The SMILES string of the molecule is COC(C)c1csc(C)n1.COCc1csc(C)n1.Cc1csc(C)n1.Cc1nc(C(C)C)cs1.Cc1nc(C(C)O)cs1.Cc1nc(C(F)(F)F)cs1.Cc1nc(C)c(Cl)s1.Cc1nc(CO)cs1.Cc1nc(CSc2nncn2C)cs1.Cc1nc(SCc2csc(C)n2)n[nH]1.Cc1nc2cccnc2s1.Cc1ncc(Cl)s1.Cc1nccs1.Cc1nnc(C)s1. The van der Waals surface area contributed by atoms with Crippen LogP contribution in [0.4, 0.5) is 13.2 Å². The van der Waals surface area contributed by atoms with Gasteiger partial charge in [-0.25, -0.2) is 69.8 Å². The van der Waals surface area contributed by atoms with Crippen LogP contribution in [0.25, 0.3) is 10.3 Å². The Labute approximate surface area is 820 Å². The highest BCUT2D eigenvalue weighted by molar-refractivity contribution is 7.98. The van der Waals surface area contributed by atoms with Gasteiger partial charge in [0.1, 0.15) is 41.2 Å². The van der Waals surface area contributed by atoms with Gasteiger partial charge in [0.05, 0.1) is 142 Å². The van der Waals surface area contributed by atoms with Gasteiger partial charge in [-0.15, -0.1) is 173 Å². The van der Waals surface area contributed by atoms with Crippen molar-refractivity contribution in [1.82, 2.24) is 110 Å². The Morgan fingerprint density at radius 1 is 0.484 bits per heavy atom. The standard InChI is InChI=1S/2C8H10N4S2.C7H6N2S.C7H11NOS.C7H11NS.2C6H9NOS.C5H6ClNS.C5H4F3NS.C5H7NOS.C5H7NS.C4H4ClNS.C4H6N2S.C4H5NS/c1-6-10-7(3-13-6)4-14-8-11-9-5-12(8)2;1-5-9-8(12-11-5)14-4-7-3-13-6(2)10-7;1-5-9-6-3-2-4-8-7(6)10-5;1-5(9-3)7-4-10-6(2)8-7;1-5(2)7-4-9-6(3)8-7;1-5-7-6(3-8-2)4-9-5;1-4(8)6-3-9-5(2)7-6;1-3-5(6)8-4(2)7-3;1-3-9-4(2-10-3)5(6,7)8;1-4-6-5(2-7)3-8-4;1-4-3-7-5(2)6-4;1-3-6-2-4(5)7-3;1-3-5-6-4(2)7-3;1-4-5-2-3-6-4/h3,5H,4H2,1-2H3;3H,4H2,1-2H3,(H,9,11,12);2-4H,1H3;4-5H,1-3H3;4-5H,1-3H3;4H,3H2,1-2H3;3-4,8H,1-2H3;1-2H3;2H,1H3;3,7H,2H2,1H3;3H,1-2H3;2H,1H3;1-2H3;2-3H,1H3. The Kier molecular flexibility index (Phi) is 55.0. The molecule has 17 aromatic rings. The number of alkyl halides is 3. The quantitative estimate of drug-likeness (QED) is 0.0903. The normalized spacial score (nSPS) is 10.8. The highest BCUT2D eigenvalue weighted by atomic mass is 35.5. The van der Waals surface area contributed by atoms with Crippen molar-refractivity contribution in [3.63, 3.8) is 0 Å². The molecule has 0 amide bonds. The smallest absolute Gasteiger partial charge is 0.390 e. The zero-order valence-electron chi connectivity index (χ0n) is 75.3. The number of H-pyrrole nitrogens is 1. The number of hydrogen-bond donors (Lipinski definition) is 3. The molecule has 26 nitrogen and oxygen atoms in total. The monoisotopic (exact) mass is 2090 g/mol. The van der Waals surface area contributed by atoms with Gasteiger partial charge in [0.2, 0.25) is 5.16 Å². The number of aromatic nitrogens is 22. The van der Waals surface area contributed by atoms with Gasteiger partial charge in [0, 0.05) is 105 Å². The average molecular weight is 2090 g/mol. The highest BCUT2D eigenvalue weighted by Crippen LogP contribution is 2.31. The van der Waals surface area contributed by atoms with Crippen LogP contribution in [0.5, 0.6) is 0 Å². The molecule has 3 N–H and O–H groups in total. The van der Waals surface area contributed by atoms with Crippen molar-refractivity contribution < 1.29 is 32.9 Å². The van der Waals surface area contributed by atoms with E-state index in [1.54, 1.807) is 201 Å². The molecule has 47 heteroatoms. The van der Waals surface area contributed by atoms with Gasteiger partial charge >= 0.3 is 6.18 Å². The number of halogens is 5. The molecule has 0 fully saturated rings. The Morgan fingerprint density at radius 3 is 1.29 bits per heavy atom. The van der Waals surface area contributed by atoms with E-state index in [0.29, 0.717) is 17.5 Å². The third-order valence-corrected chi connectivity index (χ3v) is 28.3. The molecule has 2 atom stereocenters. The van der Waals surface area contributed by atoms with E-state index >= 15 is 0 Å². The first-order valence-electron chi connectivity index (χ1n) is 38.2. The molecule has 128 heavy (non-hydrogen) atoms. The zero-order valence-corrected chi connectivity index (χ0v) is 89.9. The minimum atomic E-state index is -4.29. The summed E-state index contributed by atoms with van der Waals surface area (Å²) in [6.45, 7) is 43.7. The number of ether oxygens (including phenoxy) is 2. The largest absolute Gasteiger partial charge is 0.434 e. The molecule has 0 bridgehead atoms. The number of thiazole rings is 13. The van der Waals surface area contributed by atoms with Crippen molar-refractivity contribution in [3.8, 4) is 0 Å². The molecule has 0 aromatic carbocycles. The molecule has 17 heterocycles. The molecule has 17 rings (SSSR count). The number of nitrogens with one attached hydrogen (secondary N) is 1. The number of aliphatic hydroxyl groups excluding tert-OH is 2. The van der Waals surface area contributed by atoms with Crippen LogP contribution >= 0.6 is 205 Å². The minimum absolute atomic E-state index is 0.0599. The van der Waals surface area contributed by atoms with Gasteiger partial charge in [-0.2, -0.15) is 13.2 Å². The lowest BCUT2D eigenvalue weighted by atomic mass is 10.2. The lowest BCUT2D eigenvalue weighted by molar-refractivity contribution is -0.140. The Hall–Kier alpha value is -6.65. The number of aliphatic hydroxyl groups is 2. The second-order valence-corrected chi connectivity index (χ2v) is 44.9. The first-order valence-corrected chi connectivity index (χ1v) is 52.9. The number of thioether (sulfide) groups is 2. The van der Waals surface area contributed by atoms with Crippen molar-refractivity contribution in [2.75, 3.05) is 14.2 Å². The number of methoxy groups -OCH3 is 2. The van der Waals surface area contributed by atoms with Crippen LogP contribution in [0.15, 0.2) is 101 Å². The van der Waals surface area contributed by atoms with Crippen molar-refractivity contribution >= 4 is 216 Å². The summed E-state index contributed by atoms with van der Waals surface area (Å²) in [4.78, 5) is 62.6. The number of pyridine rings is 1. The fourth-order valence-corrected chi connectivity index (χ4v) is 19.6. The van der Waals surface area contributed by atoms with Gasteiger partial charge in [0.25, 0.3) is 0 Å². The molecular formula is C81H105Cl2F3N22O4S16. The number of aryl methyl sites for hydroxylation is 19. The van der Waals surface area contributed by atoms with E-state index in [1.807, 2.05) is 175 Å². The molecule has 0 aliphatic heterocycles. The third-order valence-electron chi connectivity index (χ3n) is 14.3. The van der Waals surface area contributed by atoms with Gasteiger partial charge in [-0.3, -0.25) is 10.1 Å². The van der Waals surface area contributed by atoms with Crippen LogP contribution in [0.3, 0.4) is 0 Å². The summed E-state index contributed by atoms with van der Waals surface area (Å²) in [5.41, 5.74) is 9.31. The van der Waals surface area contributed by atoms with Crippen LogP contribution < -0.4 is 0 Å². The summed E-state index contributed by atoms with van der Waals surface area (Å²) in [5.74, 6) is 3.12. The number of hydrogen-bond acceptors (Lipinski definition) is 40. The summed E-state index contributed by atoms with van der Waals surface area (Å²) >= 11 is 36.6. The fourth-order valence-electron chi connectivity index (χ4n) is 8.40. The highest BCUT2D eigenvalue weighted by Gasteiger charge is 2.33. The molecule has 0 saturated heterocycles. The maximum Gasteiger partial charge on any atom is 0.434 e. The van der Waals surface area contributed by atoms with E-state index in [2.05, 4.69) is 141 Å². The molecule has 0 radical (unpaired) electrons. The van der Waals surface area contributed by atoms with Crippen molar-refractivity contribution in [2.24, 2.45) is 7.05 Å². The van der Waals surface area contributed by atoms with Crippen molar-refractivity contribution in [2.45, 2.75) is 212 Å². The second-order valence-electron chi connectivity index (χ2n) is 26.1. The van der Waals surface area contributed by atoms with Crippen LogP contribution in [0.1, 0.15) is 184 Å². The van der Waals surface area contributed by atoms with Gasteiger partial charge in [-0.05, 0) is 157 Å². The number of nitrogens with zero attached hydrogens (tertiary/aromatic N) is 21. The molecule has 17 aromatic heterocycles. The van der Waals surface area contributed by atoms with E-state index in [0.717, 1.165) is 174 Å². The molecular weight excluding hydrogens is 1990 g/mol. The Morgan fingerprint density at radius 2 is 0.992 bits per heavy atom. The van der Waals surface area contributed by atoms with Crippen LogP contribution in [-0.2, 0) is 47.4 Å². The van der Waals surface area contributed by atoms with E-state index in [1.165, 1.54) is 33.4 Å². The summed E-state index contributed by atoms with van der Waals surface area (Å²) in [5, 5.41) is 76.0. The Bertz CT molecular complexity index is 5490. The van der Waals surface area contributed by atoms with E-state index in [-0.39, 0.29) is 12.7 Å².